The van der Waals surface area contributed by atoms with Gasteiger partial charge in [0, 0.05) is 74.1 Å². The number of nitrogens with one attached hydrogen (secondary N) is 1. The number of aromatic nitrogens is 1. The first-order chi connectivity index (χ1) is 21.3. The first kappa shape index (κ1) is 32.7. The number of hydrogen-bond acceptors (Lipinski definition) is 6. The lowest BCUT2D eigenvalue weighted by Gasteiger charge is -2.13. The summed E-state index contributed by atoms with van der Waals surface area (Å²) in [5.74, 6) is -0.684. The minimum absolute atomic E-state index is 0.0267. The Labute approximate surface area is 263 Å². The van der Waals surface area contributed by atoms with Crippen molar-refractivity contribution in [3.05, 3.63) is 107 Å². The van der Waals surface area contributed by atoms with Crippen LogP contribution in [0.25, 0.3) is 23.1 Å². The molecule has 1 aromatic heterocycles. The quantitative estimate of drug-likeness (QED) is 0.261. The monoisotopic (exact) mass is 628 g/mol. The van der Waals surface area contributed by atoms with Crippen molar-refractivity contribution in [3.63, 3.8) is 0 Å². The Balaban J connectivity index is 1.69. The zero-order valence-corrected chi connectivity index (χ0v) is 26.9. The standard InChI is InChI=1S/C34H36N4O6S/c1-23-9-7-8-10-31(23)45(42,43)35-34(41)25-13-14-27(30(20-25)44-6)22-38-21-26(15-18-33(40)37(4)5)28-16-11-24(19-29(28)38)12-17-32(39)36(2)3/h7-21H,22H2,1-6H3,(H,35,41). The van der Waals surface area contributed by atoms with Gasteiger partial charge in [-0.15, -0.1) is 0 Å². The second-order valence-corrected chi connectivity index (χ2v) is 12.5. The molecular formula is C34H36N4O6S. The summed E-state index contributed by atoms with van der Waals surface area (Å²) in [4.78, 5) is 40.4. The molecular weight excluding hydrogens is 592 g/mol. The summed E-state index contributed by atoms with van der Waals surface area (Å²) in [5, 5.41) is 0.894. The van der Waals surface area contributed by atoms with Crippen molar-refractivity contribution < 1.29 is 27.5 Å². The highest BCUT2D eigenvalue weighted by Crippen LogP contribution is 2.28. The van der Waals surface area contributed by atoms with Gasteiger partial charge in [0.1, 0.15) is 5.75 Å². The second kappa shape index (κ2) is 13.6. The van der Waals surface area contributed by atoms with Crippen LogP contribution in [0.2, 0.25) is 0 Å². The summed E-state index contributed by atoms with van der Waals surface area (Å²) < 4.78 is 35.5. The zero-order chi connectivity index (χ0) is 32.9. The average Bonchev–Trinajstić information content (AvgIpc) is 3.34. The molecule has 0 atom stereocenters. The predicted octanol–water partition coefficient (Wildman–Crippen LogP) is 4.33. The number of rotatable bonds is 10. The van der Waals surface area contributed by atoms with E-state index in [0.717, 1.165) is 27.6 Å². The van der Waals surface area contributed by atoms with Gasteiger partial charge in [0.05, 0.1) is 18.6 Å². The first-order valence-corrected chi connectivity index (χ1v) is 15.5. The maximum Gasteiger partial charge on any atom is 0.265 e. The lowest BCUT2D eigenvalue weighted by Crippen LogP contribution is -2.31. The van der Waals surface area contributed by atoms with Crippen LogP contribution in [-0.4, -0.2) is 75.8 Å². The summed E-state index contributed by atoms with van der Waals surface area (Å²) in [7, 11) is 4.11. The number of likely N-dealkylation sites (N-methyl/N-ethyl adjacent to an activating group) is 2. The summed E-state index contributed by atoms with van der Waals surface area (Å²) in [6, 6.07) is 17.0. The Hall–Kier alpha value is -5.16. The van der Waals surface area contributed by atoms with E-state index in [4.69, 9.17) is 4.74 Å². The van der Waals surface area contributed by atoms with E-state index in [9.17, 15) is 22.8 Å². The van der Waals surface area contributed by atoms with E-state index in [2.05, 4.69) is 4.72 Å². The van der Waals surface area contributed by atoms with E-state index in [0.29, 0.717) is 17.9 Å². The fraction of sp³-hybridized carbons (Fsp3) is 0.206. The van der Waals surface area contributed by atoms with Gasteiger partial charge in [0.25, 0.3) is 15.9 Å². The summed E-state index contributed by atoms with van der Waals surface area (Å²) in [6.07, 6.45) is 8.41. The number of fused-ring (bicyclic) bond motifs is 1. The van der Waals surface area contributed by atoms with Gasteiger partial charge in [-0.05, 0) is 54.5 Å². The molecule has 0 aliphatic heterocycles. The van der Waals surface area contributed by atoms with Gasteiger partial charge in [-0.3, -0.25) is 14.4 Å². The molecule has 11 heteroatoms. The molecule has 4 rings (SSSR count). The smallest absolute Gasteiger partial charge is 0.265 e. The van der Waals surface area contributed by atoms with Gasteiger partial charge in [0.15, 0.2) is 0 Å². The van der Waals surface area contributed by atoms with Crippen LogP contribution in [0.3, 0.4) is 0 Å². The average molecular weight is 629 g/mol. The minimum Gasteiger partial charge on any atom is -0.496 e. The Morgan fingerprint density at radius 1 is 0.889 bits per heavy atom. The van der Waals surface area contributed by atoms with E-state index in [1.807, 2.05) is 29.0 Å². The van der Waals surface area contributed by atoms with E-state index in [1.54, 1.807) is 77.6 Å². The summed E-state index contributed by atoms with van der Waals surface area (Å²) >= 11 is 0. The fourth-order valence-corrected chi connectivity index (χ4v) is 5.85. The highest BCUT2D eigenvalue weighted by molar-refractivity contribution is 7.90. The molecule has 0 bridgehead atoms. The third-order valence-electron chi connectivity index (χ3n) is 7.14. The van der Waals surface area contributed by atoms with Gasteiger partial charge in [-0.25, -0.2) is 13.1 Å². The molecule has 10 nitrogen and oxygen atoms in total. The largest absolute Gasteiger partial charge is 0.496 e. The molecule has 0 spiro atoms. The summed E-state index contributed by atoms with van der Waals surface area (Å²) in [5.41, 5.74) is 3.85. The summed E-state index contributed by atoms with van der Waals surface area (Å²) in [6.45, 7) is 1.99. The Kier molecular flexibility index (Phi) is 9.93. The van der Waals surface area contributed by atoms with E-state index in [-0.39, 0.29) is 22.3 Å². The Morgan fingerprint density at radius 2 is 1.56 bits per heavy atom. The second-order valence-electron chi connectivity index (χ2n) is 10.8. The molecule has 0 fully saturated rings. The highest BCUT2D eigenvalue weighted by atomic mass is 32.2. The van der Waals surface area contributed by atoms with Crippen LogP contribution in [0, 0.1) is 6.92 Å². The maximum absolute atomic E-state index is 13.0. The zero-order valence-electron chi connectivity index (χ0n) is 26.1. The molecule has 0 aliphatic carbocycles. The van der Waals surface area contributed by atoms with E-state index < -0.39 is 15.9 Å². The van der Waals surface area contributed by atoms with Crippen LogP contribution < -0.4 is 9.46 Å². The molecule has 3 aromatic carbocycles. The molecule has 1 heterocycles. The van der Waals surface area contributed by atoms with Crippen molar-refractivity contribution in [3.8, 4) is 5.75 Å². The highest BCUT2D eigenvalue weighted by Gasteiger charge is 2.21. The lowest BCUT2D eigenvalue weighted by molar-refractivity contribution is -0.124. The van der Waals surface area contributed by atoms with Crippen LogP contribution in [0.1, 0.15) is 32.6 Å². The van der Waals surface area contributed by atoms with Crippen molar-refractivity contribution in [1.82, 2.24) is 19.1 Å². The van der Waals surface area contributed by atoms with Crippen molar-refractivity contribution in [2.45, 2.75) is 18.4 Å². The third kappa shape index (κ3) is 7.68. The first-order valence-electron chi connectivity index (χ1n) is 14.0. The number of ether oxygens (including phenoxy) is 1. The van der Waals surface area contributed by atoms with Crippen molar-refractivity contribution in [2.24, 2.45) is 0 Å². The number of methoxy groups -OCH3 is 1. The molecule has 45 heavy (non-hydrogen) atoms. The van der Waals surface area contributed by atoms with Gasteiger partial charge in [-0.1, -0.05) is 36.4 Å². The molecule has 0 saturated carbocycles. The van der Waals surface area contributed by atoms with Crippen LogP contribution in [0.5, 0.6) is 5.75 Å². The van der Waals surface area contributed by atoms with Crippen molar-refractivity contribution in [2.75, 3.05) is 35.3 Å². The van der Waals surface area contributed by atoms with Gasteiger partial charge in [-0.2, -0.15) is 0 Å². The number of aryl methyl sites for hydroxylation is 1. The van der Waals surface area contributed by atoms with Crippen molar-refractivity contribution >= 4 is 50.8 Å². The number of benzene rings is 3. The van der Waals surface area contributed by atoms with E-state index in [1.165, 1.54) is 41.2 Å². The van der Waals surface area contributed by atoms with Crippen LogP contribution in [0.15, 0.2) is 83.9 Å². The molecule has 0 unspecified atom stereocenters. The maximum atomic E-state index is 13.0. The molecule has 1 N–H and O–H groups in total. The third-order valence-corrected chi connectivity index (χ3v) is 8.63. The van der Waals surface area contributed by atoms with Crippen LogP contribution in [0.4, 0.5) is 0 Å². The number of carbonyl (C=O) groups is 3. The molecule has 234 valence electrons. The SMILES string of the molecule is COc1cc(C(=O)NS(=O)(=O)c2ccccc2C)ccc1Cn1cc(C=CC(=O)N(C)C)c2ccc(C=CC(=O)N(C)C)cc21. The van der Waals surface area contributed by atoms with Crippen molar-refractivity contribution in [1.29, 1.82) is 0 Å². The molecule has 3 amide bonds. The number of sulfonamides is 1. The molecule has 0 aliphatic rings. The lowest BCUT2D eigenvalue weighted by atomic mass is 10.1. The normalized spacial score (nSPS) is 11.7. The number of nitrogens with zero attached hydrogens (tertiary/aromatic N) is 3. The Bertz CT molecular complexity index is 1940. The van der Waals surface area contributed by atoms with Crippen LogP contribution in [-0.2, 0) is 26.2 Å². The van der Waals surface area contributed by atoms with Gasteiger partial charge >= 0.3 is 0 Å². The Morgan fingerprint density at radius 3 is 2.20 bits per heavy atom. The number of hydrogen-bond donors (Lipinski definition) is 1. The van der Waals surface area contributed by atoms with Gasteiger partial charge < -0.3 is 19.1 Å². The molecule has 0 saturated heterocycles. The minimum atomic E-state index is -4.08. The fourth-order valence-electron chi connectivity index (χ4n) is 4.63. The van der Waals surface area contributed by atoms with Gasteiger partial charge in [0.2, 0.25) is 11.8 Å². The number of amides is 3. The van der Waals surface area contributed by atoms with E-state index >= 15 is 0 Å². The van der Waals surface area contributed by atoms with Crippen LogP contribution >= 0.6 is 0 Å². The topological polar surface area (TPSA) is 118 Å². The predicted molar refractivity (Wildman–Crippen MR) is 175 cm³/mol. The molecule has 4 aromatic rings. The number of carbonyl (C=O) groups excluding carboxylic acids is 3. The molecule has 0 radical (unpaired) electrons.